The van der Waals surface area contributed by atoms with Gasteiger partial charge in [0.1, 0.15) is 0 Å². The molecule has 5 nitrogen and oxygen atoms in total. The second-order valence-electron chi connectivity index (χ2n) is 5.90. The molecule has 0 aliphatic rings. The highest BCUT2D eigenvalue weighted by Crippen LogP contribution is 2.30. The molecule has 0 radical (unpaired) electrons. The summed E-state index contributed by atoms with van der Waals surface area (Å²) < 4.78 is 2.01. The van der Waals surface area contributed by atoms with E-state index in [-0.39, 0.29) is 6.61 Å². The molecular formula is C19H20Cl2N4OS. The molecule has 0 saturated carbocycles. The van der Waals surface area contributed by atoms with E-state index in [4.69, 9.17) is 28.3 Å². The van der Waals surface area contributed by atoms with Crippen molar-refractivity contribution in [3.05, 3.63) is 58.1 Å². The van der Waals surface area contributed by atoms with E-state index in [1.165, 1.54) is 0 Å². The van der Waals surface area contributed by atoms with Gasteiger partial charge in [-0.25, -0.2) is 0 Å². The van der Waals surface area contributed by atoms with Crippen molar-refractivity contribution in [1.29, 1.82) is 0 Å². The summed E-state index contributed by atoms with van der Waals surface area (Å²) in [5.74, 6) is 1.54. The number of hydrogen-bond acceptors (Lipinski definition) is 5. The number of nitrogens with zero attached hydrogens (tertiary/aromatic N) is 3. The summed E-state index contributed by atoms with van der Waals surface area (Å²) >= 11 is 14.0. The van der Waals surface area contributed by atoms with Crippen LogP contribution in [0.5, 0.6) is 0 Å². The van der Waals surface area contributed by atoms with Crippen molar-refractivity contribution < 1.29 is 5.11 Å². The van der Waals surface area contributed by atoms with Gasteiger partial charge in [-0.15, -0.1) is 10.2 Å². The second kappa shape index (κ2) is 9.57. The van der Waals surface area contributed by atoms with E-state index in [1.807, 2.05) is 54.0 Å². The molecule has 0 aliphatic heterocycles. The molecule has 0 unspecified atom stereocenters. The number of hydrogen-bond donors (Lipinski definition) is 2. The van der Waals surface area contributed by atoms with Crippen LogP contribution in [-0.2, 0) is 0 Å². The Morgan fingerprint density at radius 3 is 2.56 bits per heavy atom. The maximum Gasteiger partial charge on any atom is 0.196 e. The number of halogens is 2. The molecule has 0 amide bonds. The van der Waals surface area contributed by atoms with Crippen LogP contribution >= 0.6 is 35.0 Å². The van der Waals surface area contributed by atoms with Gasteiger partial charge in [-0.05, 0) is 48.9 Å². The fraction of sp³-hybridized carbons (Fsp3) is 0.263. The zero-order valence-electron chi connectivity index (χ0n) is 14.8. The fourth-order valence-electron chi connectivity index (χ4n) is 2.52. The molecule has 1 aromatic heterocycles. The molecule has 8 heteroatoms. The summed E-state index contributed by atoms with van der Waals surface area (Å²) in [7, 11) is 0. The van der Waals surface area contributed by atoms with E-state index in [9.17, 15) is 0 Å². The first kappa shape index (κ1) is 20.2. The van der Waals surface area contributed by atoms with E-state index >= 15 is 0 Å². The van der Waals surface area contributed by atoms with E-state index in [0.717, 1.165) is 40.1 Å². The predicted molar refractivity (Wildman–Crippen MR) is 112 cm³/mol. The van der Waals surface area contributed by atoms with Crippen LogP contribution < -0.4 is 5.32 Å². The number of aliphatic hydroxyl groups excluding tert-OH is 1. The molecule has 142 valence electrons. The zero-order valence-corrected chi connectivity index (χ0v) is 17.2. The van der Waals surface area contributed by atoms with Gasteiger partial charge in [-0.3, -0.25) is 4.57 Å². The lowest BCUT2D eigenvalue weighted by atomic mass is 10.2. The van der Waals surface area contributed by atoms with Crippen LogP contribution in [0, 0.1) is 6.92 Å². The first-order chi connectivity index (χ1) is 13.1. The summed E-state index contributed by atoms with van der Waals surface area (Å²) in [4.78, 5) is 0. The summed E-state index contributed by atoms with van der Waals surface area (Å²) in [5.41, 5.74) is 2.85. The minimum absolute atomic E-state index is 0.128. The number of benzene rings is 2. The lowest BCUT2D eigenvalue weighted by molar-refractivity contribution is 0.294. The first-order valence-electron chi connectivity index (χ1n) is 8.52. The van der Waals surface area contributed by atoms with Gasteiger partial charge in [0.25, 0.3) is 0 Å². The second-order valence-corrected chi connectivity index (χ2v) is 7.81. The van der Waals surface area contributed by atoms with Gasteiger partial charge < -0.3 is 10.4 Å². The van der Waals surface area contributed by atoms with Crippen LogP contribution in [0.3, 0.4) is 0 Å². The van der Waals surface area contributed by atoms with E-state index in [1.54, 1.807) is 11.8 Å². The van der Waals surface area contributed by atoms with Crippen LogP contribution in [0.1, 0.15) is 5.56 Å². The Labute approximate surface area is 172 Å². The van der Waals surface area contributed by atoms with Crippen LogP contribution in [-0.4, -0.2) is 45.3 Å². The maximum atomic E-state index is 8.86. The van der Waals surface area contributed by atoms with Crippen LogP contribution in [0.25, 0.3) is 17.1 Å². The van der Waals surface area contributed by atoms with Crippen molar-refractivity contribution in [2.24, 2.45) is 0 Å². The molecule has 1 heterocycles. The van der Waals surface area contributed by atoms with Gasteiger partial charge >= 0.3 is 0 Å². The van der Waals surface area contributed by atoms with Gasteiger partial charge in [-0.2, -0.15) is 0 Å². The smallest absolute Gasteiger partial charge is 0.196 e. The van der Waals surface area contributed by atoms with Crippen LogP contribution in [0.4, 0.5) is 0 Å². The molecule has 0 saturated heterocycles. The average molecular weight is 423 g/mol. The predicted octanol–water partition coefficient (Wildman–Crippen LogP) is 4.22. The minimum Gasteiger partial charge on any atom is -0.395 e. The van der Waals surface area contributed by atoms with Gasteiger partial charge in [0, 0.05) is 34.5 Å². The molecule has 0 atom stereocenters. The maximum absolute atomic E-state index is 8.86. The normalized spacial score (nSPS) is 11.1. The zero-order chi connectivity index (χ0) is 19.2. The Bertz CT molecular complexity index is 899. The van der Waals surface area contributed by atoms with Gasteiger partial charge in [0.05, 0.1) is 12.3 Å². The molecule has 0 aliphatic carbocycles. The summed E-state index contributed by atoms with van der Waals surface area (Å²) in [6, 6.07) is 13.4. The molecule has 2 N–H and O–H groups in total. The van der Waals surface area contributed by atoms with Crippen molar-refractivity contribution in [1.82, 2.24) is 20.1 Å². The third-order valence-electron chi connectivity index (χ3n) is 3.95. The lowest BCUT2D eigenvalue weighted by Gasteiger charge is -2.12. The number of aryl methyl sites for hydroxylation is 1. The number of thioether (sulfide) groups is 1. The first-order valence-corrected chi connectivity index (χ1v) is 10.3. The Kier molecular flexibility index (Phi) is 7.15. The van der Waals surface area contributed by atoms with Crippen molar-refractivity contribution in [2.75, 3.05) is 25.4 Å². The summed E-state index contributed by atoms with van der Waals surface area (Å²) in [5, 5.41) is 23.0. The minimum atomic E-state index is 0.128. The topological polar surface area (TPSA) is 63.0 Å². The highest BCUT2D eigenvalue weighted by Gasteiger charge is 2.16. The van der Waals surface area contributed by atoms with Crippen molar-refractivity contribution in [2.45, 2.75) is 12.1 Å². The molecule has 0 fully saturated rings. The number of aliphatic hydroxyl groups is 1. The third kappa shape index (κ3) is 5.03. The lowest BCUT2D eigenvalue weighted by Crippen LogP contribution is -2.20. The Hall–Kier alpha value is -1.57. The summed E-state index contributed by atoms with van der Waals surface area (Å²) in [6.45, 7) is 3.45. The SMILES string of the molecule is Cc1ccc(-n2c(SCCNCCO)nnc2-c2ccc(Cl)cc2)cc1Cl. The highest BCUT2D eigenvalue weighted by molar-refractivity contribution is 7.99. The third-order valence-corrected chi connectivity index (χ3v) is 5.54. The van der Waals surface area contributed by atoms with Crippen molar-refractivity contribution in [3.8, 4) is 17.1 Å². The van der Waals surface area contributed by atoms with E-state index < -0.39 is 0 Å². The molecule has 3 rings (SSSR count). The van der Waals surface area contributed by atoms with Crippen molar-refractivity contribution >= 4 is 35.0 Å². The Morgan fingerprint density at radius 2 is 1.85 bits per heavy atom. The fourth-order valence-corrected chi connectivity index (χ4v) is 3.67. The molecular weight excluding hydrogens is 403 g/mol. The molecule has 3 aromatic rings. The van der Waals surface area contributed by atoms with Gasteiger partial charge in [0.2, 0.25) is 0 Å². The highest BCUT2D eigenvalue weighted by atomic mass is 35.5. The Balaban J connectivity index is 1.96. The number of rotatable bonds is 8. The molecule has 27 heavy (non-hydrogen) atoms. The number of aromatic nitrogens is 3. The van der Waals surface area contributed by atoms with E-state index in [2.05, 4.69) is 15.5 Å². The largest absolute Gasteiger partial charge is 0.395 e. The quantitative estimate of drug-likeness (QED) is 0.420. The number of nitrogens with one attached hydrogen (secondary N) is 1. The molecule has 2 aromatic carbocycles. The molecule has 0 spiro atoms. The van der Waals surface area contributed by atoms with Gasteiger partial charge in [0.15, 0.2) is 11.0 Å². The van der Waals surface area contributed by atoms with Crippen LogP contribution in [0.2, 0.25) is 10.0 Å². The van der Waals surface area contributed by atoms with Gasteiger partial charge in [-0.1, -0.05) is 41.0 Å². The monoisotopic (exact) mass is 422 g/mol. The van der Waals surface area contributed by atoms with Crippen molar-refractivity contribution in [3.63, 3.8) is 0 Å². The van der Waals surface area contributed by atoms with Crippen LogP contribution in [0.15, 0.2) is 47.6 Å². The Morgan fingerprint density at radius 1 is 1.07 bits per heavy atom. The average Bonchev–Trinajstić information content (AvgIpc) is 3.08. The standard InChI is InChI=1S/C19H20Cl2N4OS/c1-13-2-7-16(12-17(13)21)25-18(14-3-5-15(20)6-4-14)23-24-19(25)27-11-9-22-8-10-26/h2-7,12,22,26H,8-11H2,1H3. The molecule has 0 bridgehead atoms. The van der Waals surface area contributed by atoms with E-state index in [0.29, 0.717) is 16.6 Å². The summed E-state index contributed by atoms with van der Waals surface area (Å²) in [6.07, 6.45) is 0.